The van der Waals surface area contributed by atoms with Crippen LogP contribution in [0.5, 0.6) is 11.5 Å². The van der Waals surface area contributed by atoms with Crippen LogP contribution in [0.2, 0.25) is 0 Å². The second-order valence-corrected chi connectivity index (χ2v) is 11.4. The summed E-state index contributed by atoms with van der Waals surface area (Å²) in [5.41, 5.74) is 4.30. The molecule has 3 atom stereocenters. The van der Waals surface area contributed by atoms with E-state index in [4.69, 9.17) is 4.74 Å². The number of fused-ring (bicyclic) bond motifs is 1. The van der Waals surface area contributed by atoms with E-state index >= 15 is 0 Å². The van der Waals surface area contributed by atoms with E-state index in [1.165, 1.54) is 11.1 Å². The van der Waals surface area contributed by atoms with Gasteiger partial charge in [-0.1, -0.05) is 37.5 Å². The second-order valence-electron chi connectivity index (χ2n) is 11.4. The fourth-order valence-corrected chi connectivity index (χ4v) is 6.00. The van der Waals surface area contributed by atoms with Crippen LogP contribution in [0.4, 0.5) is 0 Å². The quantitative estimate of drug-likeness (QED) is 0.453. The molecule has 0 amide bonds. The van der Waals surface area contributed by atoms with Crippen LogP contribution in [0, 0.1) is 17.8 Å². The van der Waals surface area contributed by atoms with Gasteiger partial charge in [-0.3, -0.25) is 0 Å². The van der Waals surface area contributed by atoms with Crippen molar-refractivity contribution in [3.05, 3.63) is 46.1 Å². The van der Waals surface area contributed by atoms with Gasteiger partial charge in [-0.2, -0.15) is 0 Å². The molecule has 0 saturated heterocycles. The summed E-state index contributed by atoms with van der Waals surface area (Å²) in [7, 11) is 1.64. The molecular formula is C28H42O4. The summed E-state index contributed by atoms with van der Waals surface area (Å²) in [6, 6.07) is 3.73. The minimum atomic E-state index is -0.855. The number of hydrogen-bond donors (Lipinski definition) is 3. The number of benzene rings is 1. The maximum Gasteiger partial charge on any atom is 0.122 e. The number of aryl methyl sites for hydroxylation is 1. The smallest absolute Gasteiger partial charge is 0.122 e. The summed E-state index contributed by atoms with van der Waals surface area (Å²) in [6.45, 7) is 12.2. The van der Waals surface area contributed by atoms with Crippen LogP contribution in [0.25, 0.3) is 0 Å². The molecule has 0 radical (unpaired) electrons. The van der Waals surface area contributed by atoms with E-state index in [2.05, 4.69) is 26.8 Å². The molecule has 0 spiro atoms. The van der Waals surface area contributed by atoms with E-state index in [-0.39, 0.29) is 10.8 Å². The number of aliphatic hydroxyl groups is 2. The van der Waals surface area contributed by atoms with Crippen molar-refractivity contribution in [1.29, 1.82) is 0 Å². The molecule has 0 aliphatic heterocycles. The Morgan fingerprint density at radius 1 is 1.25 bits per heavy atom. The minimum absolute atomic E-state index is 0.0906. The summed E-state index contributed by atoms with van der Waals surface area (Å²) in [5.74, 6) is 1.07. The number of rotatable bonds is 7. The van der Waals surface area contributed by atoms with Gasteiger partial charge in [0.15, 0.2) is 0 Å². The molecule has 2 aliphatic rings. The van der Waals surface area contributed by atoms with Crippen molar-refractivity contribution < 1.29 is 20.1 Å². The highest BCUT2D eigenvalue weighted by molar-refractivity contribution is 5.46. The Balaban J connectivity index is 1.90. The predicted octanol–water partition coefficient (Wildman–Crippen LogP) is 6.01. The van der Waals surface area contributed by atoms with Crippen molar-refractivity contribution in [1.82, 2.24) is 0 Å². The number of hydrogen-bond acceptors (Lipinski definition) is 4. The molecule has 2 aliphatic carbocycles. The first-order valence-corrected chi connectivity index (χ1v) is 11.9. The zero-order chi connectivity index (χ0) is 23.9. The summed E-state index contributed by atoms with van der Waals surface area (Å²) in [4.78, 5) is 0. The van der Waals surface area contributed by atoms with E-state index in [0.29, 0.717) is 18.6 Å². The zero-order valence-electron chi connectivity index (χ0n) is 21.0. The molecule has 4 heteroatoms. The van der Waals surface area contributed by atoms with Crippen molar-refractivity contribution in [3.63, 3.8) is 0 Å². The number of phenols is 1. The van der Waals surface area contributed by atoms with Crippen LogP contribution in [0.3, 0.4) is 0 Å². The largest absolute Gasteiger partial charge is 0.507 e. The first-order valence-electron chi connectivity index (χ1n) is 11.9. The Labute approximate surface area is 194 Å². The van der Waals surface area contributed by atoms with Gasteiger partial charge in [-0.15, -0.1) is 0 Å². The molecule has 0 bridgehead atoms. The highest BCUT2D eigenvalue weighted by Gasteiger charge is 2.56. The van der Waals surface area contributed by atoms with Crippen molar-refractivity contribution in [2.75, 3.05) is 7.11 Å². The Hall–Kier alpha value is -1.78. The van der Waals surface area contributed by atoms with Gasteiger partial charge >= 0.3 is 0 Å². The van der Waals surface area contributed by atoms with Gasteiger partial charge in [0, 0.05) is 11.0 Å². The van der Waals surface area contributed by atoms with E-state index in [1.54, 1.807) is 7.11 Å². The number of ether oxygens (including phenoxy) is 1. The number of methoxy groups -OCH3 is 1. The van der Waals surface area contributed by atoms with Crippen LogP contribution in [-0.2, 0) is 6.42 Å². The van der Waals surface area contributed by atoms with Gasteiger partial charge in [0.25, 0.3) is 0 Å². The molecule has 1 aromatic carbocycles. The normalized spacial score (nSPS) is 28.8. The molecule has 3 N–H and O–H groups in total. The third kappa shape index (κ3) is 4.77. The lowest BCUT2D eigenvalue weighted by Gasteiger charge is -2.51. The SMILES string of the molecule is COc1cc(C)c(O)c(C/C=C(\C)CC2=C(CC(C)(C)O)[C@@H](O)[C@@]3(C)CCC[C@]3(C)C2)c1. The van der Waals surface area contributed by atoms with E-state index in [0.717, 1.165) is 54.6 Å². The molecular weight excluding hydrogens is 400 g/mol. The van der Waals surface area contributed by atoms with Gasteiger partial charge in [-0.25, -0.2) is 0 Å². The molecule has 4 nitrogen and oxygen atoms in total. The number of phenolic OH excluding ortho intramolecular Hbond substituents is 1. The van der Waals surface area contributed by atoms with Crippen molar-refractivity contribution >= 4 is 0 Å². The second kappa shape index (κ2) is 8.87. The molecule has 0 unspecified atom stereocenters. The molecule has 178 valence electrons. The monoisotopic (exact) mass is 442 g/mol. The lowest BCUT2D eigenvalue weighted by atomic mass is 9.55. The Morgan fingerprint density at radius 2 is 1.94 bits per heavy atom. The standard InChI is InChI=1S/C28H42O4/c1-18(9-10-20-15-22(32-7)14-19(2)24(20)29)13-21-16-27(5)11-8-12-28(27,6)25(30)23(21)17-26(3,4)31/h9,14-15,25,29-31H,8,10-13,16-17H2,1-7H3/b18-9+/t25-,27-,28-/m1/s1. The molecule has 0 aromatic heterocycles. The van der Waals surface area contributed by atoms with Gasteiger partial charge < -0.3 is 20.1 Å². The molecule has 1 fully saturated rings. The fraction of sp³-hybridized carbons (Fsp3) is 0.643. The van der Waals surface area contributed by atoms with Crippen LogP contribution in [-0.4, -0.2) is 34.1 Å². The lowest BCUT2D eigenvalue weighted by molar-refractivity contribution is -0.0373. The topological polar surface area (TPSA) is 69.9 Å². The van der Waals surface area contributed by atoms with Crippen LogP contribution >= 0.6 is 0 Å². The fourth-order valence-electron chi connectivity index (χ4n) is 6.00. The van der Waals surface area contributed by atoms with E-state index in [9.17, 15) is 15.3 Å². The van der Waals surface area contributed by atoms with Gasteiger partial charge in [0.05, 0.1) is 18.8 Å². The van der Waals surface area contributed by atoms with Crippen LogP contribution < -0.4 is 4.74 Å². The van der Waals surface area contributed by atoms with Crippen LogP contribution in [0.15, 0.2) is 34.9 Å². The lowest BCUT2D eigenvalue weighted by Crippen LogP contribution is -2.48. The number of aliphatic hydroxyl groups excluding tert-OH is 1. The van der Waals surface area contributed by atoms with Crippen molar-refractivity contribution in [3.8, 4) is 11.5 Å². The number of allylic oxidation sites excluding steroid dienone is 3. The highest BCUT2D eigenvalue weighted by Crippen LogP contribution is 2.62. The molecule has 1 saturated carbocycles. The van der Waals surface area contributed by atoms with Crippen LogP contribution in [0.1, 0.15) is 84.3 Å². The first kappa shape index (κ1) is 24.9. The molecule has 0 heterocycles. The summed E-state index contributed by atoms with van der Waals surface area (Å²) in [6.07, 6.45) is 7.87. The van der Waals surface area contributed by atoms with Crippen molar-refractivity contribution in [2.24, 2.45) is 10.8 Å². The first-order chi connectivity index (χ1) is 14.8. The molecule has 32 heavy (non-hydrogen) atoms. The zero-order valence-corrected chi connectivity index (χ0v) is 21.0. The Morgan fingerprint density at radius 3 is 2.56 bits per heavy atom. The maximum absolute atomic E-state index is 11.5. The van der Waals surface area contributed by atoms with Crippen molar-refractivity contribution in [2.45, 2.75) is 98.2 Å². The number of aromatic hydroxyl groups is 1. The van der Waals surface area contributed by atoms with Gasteiger partial charge in [0.1, 0.15) is 11.5 Å². The average Bonchev–Trinajstić information content (AvgIpc) is 3.00. The minimum Gasteiger partial charge on any atom is -0.507 e. The van der Waals surface area contributed by atoms with Gasteiger partial charge in [0.2, 0.25) is 0 Å². The summed E-state index contributed by atoms with van der Waals surface area (Å²) < 4.78 is 5.36. The average molecular weight is 443 g/mol. The molecule has 1 aromatic rings. The third-order valence-corrected chi connectivity index (χ3v) is 8.17. The van der Waals surface area contributed by atoms with Gasteiger partial charge in [-0.05, 0) is 94.9 Å². The summed E-state index contributed by atoms with van der Waals surface area (Å²) in [5, 5.41) is 32.6. The van der Waals surface area contributed by atoms with E-state index < -0.39 is 11.7 Å². The highest BCUT2D eigenvalue weighted by atomic mass is 16.5. The summed E-state index contributed by atoms with van der Waals surface area (Å²) >= 11 is 0. The van der Waals surface area contributed by atoms with E-state index in [1.807, 2.05) is 32.9 Å². The maximum atomic E-state index is 11.5. The Bertz CT molecular complexity index is 920. The Kier molecular flexibility index (Phi) is 6.89. The third-order valence-electron chi connectivity index (χ3n) is 8.17. The molecule has 3 rings (SSSR count). The predicted molar refractivity (Wildman–Crippen MR) is 130 cm³/mol.